The van der Waals surface area contributed by atoms with Gasteiger partial charge in [0.1, 0.15) is 5.82 Å². The summed E-state index contributed by atoms with van der Waals surface area (Å²) in [6.45, 7) is 6.28. The third kappa shape index (κ3) is 4.01. The molecular weight excluding hydrogens is 269 g/mol. The standard InChI is InChI=1S/C16H22FN3O/c1-2-15(12-21)20-7-5-19(6-8-20)11-14-9-13(10-18)3-4-16(14)17/h3-4,9,15,21H,2,5-8,11-12H2,1H3. The fourth-order valence-corrected chi connectivity index (χ4v) is 2.80. The van der Waals surface area contributed by atoms with Gasteiger partial charge in [0, 0.05) is 44.3 Å². The molecule has 1 heterocycles. The number of hydrogen-bond acceptors (Lipinski definition) is 4. The van der Waals surface area contributed by atoms with Crippen molar-refractivity contribution in [1.82, 2.24) is 9.80 Å². The summed E-state index contributed by atoms with van der Waals surface area (Å²) in [5.41, 5.74) is 1.08. The van der Waals surface area contributed by atoms with Crippen LogP contribution >= 0.6 is 0 Å². The van der Waals surface area contributed by atoms with Gasteiger partial charge in [-0.05, 0) is 24.6 Å². The average Bonchev–Trinajstić information content (AvgIpc) is 2.52. The van der Waals surface area contributed by atoms with Gasteiger partial charge in [-0.15, -0.1) is 0 Å². The van der Waals surface area contributed by atoms with E-state index in [1.165, 1.54) is 12.1 Å². The quantitative estimate of drug-likeness (QED) is 0.895. The molecule has 1 fully saturated rings. The molecular formula is C16H22FN3O. The van der Waals surface area contributed by atoms with Crippen molar-refractivity contribution in [3.05, 3.63) is 35.1 Å². The minimum atomic E-state index is -0.252. The first-order valence-electron chi connectivity index (χ1n) is 7.43. The van der Waals surface area contributed by atoms with E-state index in [4.69, 9.17) is 5.26 Å². The summed E-state index contributed by atoms with van der Waals surface area (Å²) in [4.78, 5) is 4.48. The van der Waals surface area contributed by atoms with Gasteiger partial charge in [-0.2, -0.15) is 5.26 Å². The highest BCUT2D eigenvalue weighted by Gasteiger charge is 2.22. The molecule has 1 unspecified atom stereocenters. The Labute approximate surface area is 125 Å². The number of nitriles is 1. The molecule has 0 amide bonds. The van der Waals surface area contributed by atoms with Crippen molar-refractivity contribution in [1.29, 1.82) is 5.26 Å². The van der Waals surface area contributed by atoms with Crippen LogP contribution in [0, 0.1) is 17.1 Å². The SMILES string of the molecule is CCC(CO)N1CCN(Cc2cc(C#N)ccc2F)CC1. The van der Waals surface area contributed by atoms with Crippen molar-refractivity contribution in [2.24, 2.45) is 0 Å². The Hall–Kier alpha value is -1.48. The highest BCUT2D eigenvalue weighted by atomic mass is 19.1. The van der Waals surface area contributed by atoms with E-state index in [0.29, 0.717) is 17.7 Å². The minimum absolute atomic E-state index is 0.190. The van der Waals surface area contributed by atoms with Crippen molar-refractivity contribution >= 4 is 0 Å². The van der Waals surface area contributed by atoms with Crippen molar-refractivity contribution in [2.45, 2.75) is 25.9 Å². The molecule has 21 heavy (non-hydrogen) atoms. The number of benzene rings is 1. The second kappa shape index (κ2) is 7.51. The van der Waals surface area contributed by atoms with Crippen LogP contribution in [0.15, 0.2) is 18.2 Å². The van der Waals surface area contributed by atoms with Gasteiger partial charge < -0.3 is 5.11 Å². The lowest BCUT2D eigenvalue weighted by atomic mass is 10.1. The molecule has 1 atom stereocenters. The lowest BCUT2D eigenvalue weighted by Crippen LogP contribution is -2.50. The molecule has 114 valence electrons. The van der Waals surface area contributed by atoms with Crippen LogP contribution in [0.1, 0.15) is 24.5 Å². The van der Waals surface area contributed by atoms with Crippen LogP contribution in [0.2, 0.25) is 0 Å². The maximum atomic E-state index is 13.8. The van der Waals surface area contributed by atoms with E-state index in [1.807, 2.05) is 6.07 Å². The average molecular weight is 291 g/mol. The number of halogens is 1. The summed E-state index contributed by atoms with van der Waals surface area (Å²) >= 11 is 0. The largest absolute Gasteiger partial charge is 0.395 e. The van der Waals surface area contributed by atoms with Crippen molar-refractivity contribution in [2.75, 3.05) is 32.8 Å². The zero-order valence-electron chi connectivity index (χ0n) is 12.4. The summed E-state index contributed by atoms with van der Waals surface area (Å²) in [5.74, 6) is -0.252. The molecule has 0 saturated carbocycles. The Balaban J connectivity index is 1.93. The van der Waals surface area contributed by atoms with E-state index in [2.05, 4.69) is 16.7 Å². The second-order valence-electron chi connectivity index (χ2n) is 5.47. The van der Waals surface area contributed by atoms with E-state index in [9.17, 15) is 9.50 Å². The molecule has 0 aromatic heterocycles. The molecule has 0 aliphatic carbocycles. The van der Waals surface area contributed by atoms with Crippen molar-refractivity contribution < 1.29 is 9.50 Å². The molecule has 1 aliphatic heterocycles. The first-order valence-corrected chi connectivity index (χ1v) is 7.43. The summed E-state index contributed by atoms with van der Waals surface area (Å²) in [6, 6.07) is 6.77. The minimum Gasteiger partial charge on any atom is -0.395 e. The molecule has 1 N–H and O–H groups in total. The van der Waals surface area contributed by atoms with Gasteiger partial charge in [0.2, 0.25) is 0 Å². The fourth-order valence-electron chi connectivity index (χ4n) is 2.80. The van der Waals surface area contributed by atoms with Gasteiger partial charge in [-0.3, -0.25) is 9.80 Å². The third-order valence-electron chi connectivity index (χ3n) is 4.17. The molecule has 0 radical (unpaired) electrons. The lowest BCUT2D eigenvalue weighted by molar-refractivity contribution is 0.0604. The fraction of sp³-hybridized carbons (Fsp3) is 0.562. The lowest BCUT2D eigenvalue weighted by Gasteiger charge is -2.38. The molecule has 1 aliphatic rings. The zero-order valence-corrected chi connectivity index (χ0v) is 12.4. The van der Waals surface area contributed by atoms with E-state index in [-0.39, 0.29) is 18.5 Å². The van der Waals surface area contributed by atoms with Crippen LogP contribution in [0.4, 0.5) is 4.39 Å². The Morgan fingerprint density at radius 3 is 2.62 bits per heavy atom. The number of hydrogen-bond donors (Lipinski definition) is 1. The van der Waals surface area contributed by atoms with E-state index in [0.717, 1.165) is 32.6 Å². The van der Waals surface area contributed by atoms with Crippen molar-refractivity contribution in [3.63, 3.8) is 0 Å². The molecule has 0 spiro atoms. The van der Waals surface area contributed by atoms with Crippen LogP contribution in [0.3, 0.4) is 0 Å². The van der Waals surface area contributed by atoms with Gasteiger partial charge in [0.05, 0.1) is 18.2 Å². The van der Waals surface area contributed by atoms with Crippen LogP contribution in [0.25, 0.3) is 0 Å². The van der Waals surface area contributed by atoms with E-state index >= 15 is 0 Å². The molecule has 0 bridgehead atoms. The van der Waals surface area contributed by atoms with Gasteiger partial charge in [0.15, 0.2) is 0 Å². The van der Waals surface area contributed by atoms with Gasteiger partial charge in [0.25, 0.3) is 0 Å². The molecule has 1 saturated heterocycles. The van der Waals surface area contributed by atoms with Crippen LogP contribution < -0.4 is 0 Å². The number of aliphatic hydroxyl groups excluding tert-OH is 1. The maximum absolute atomic E-state index is 13.8. The topological polar surface area (TPSA) is 50.5 Å². The molecule has 1 aromatic carbocycles. The monoisotopic (exact) mass is 291 g/mol. The van der Waals surface area contributed by atoms with Gasteiger partial charge in [-0.1, -0.05) is 6.92 Å². The van der Waals surface area contributed by atoms with Gasteiger partial charge in [-0.25, -0.2) is 4.39 Å². The Kier molecular flexibility index (Phi) is 5.68. The summed E-state index contributed by atoms with van der Waals surface area (Å²) in [7, 11) is 0. The first kappa shape index (κ1) is 15.9. The highest BCUT2D eigenvalue weighted by molar-refractivity contribution is 5.33. The Bertz CT molecular complexity index is 503. The Morgan fingerprint density at radius 2 is 2.05 bits per heavy atom. The summed E-state index contributed by atoms with van der Waals surface area (Å²) < 4.78 is 13.8. The normalized spacial score (nSPS) is 18.4. The maximum Gasteiger partial charge on any atom is 0.127 e. The summed E-state index contributed by atoms with van der Waals surface area (Å²) in [6.07, 6.45) is 0.940. The second-order valence-corrected chi connectivity index (χ2v) is 5.47. The van der Waals surface area contributed by atoms with E-state index in [1.54, 1.807) is 6.07 Å². The number of nitrogens with zero attached hydrogens (tertiary/aromatic N) is 3. The molecule has 4 nitrogen and oxygen atoms in total. The van der Waals surface area contributed by atoms with Gasteiger partial charge >= 0.3 is 0 Å². The molecule has 1 aromatic rings. The number of rotatable bonds is 5. The molecule has 5 heteroatoms. The van der Waals surface area contributed by atoms with Crippen LogP contribution in [-0.2, 0) is 6.54 Å². The predicted octanol–water partition coefficient (Wildman–Crippen LogP) is 1.59. The number of piperazine rings is 1. The van der Waals surface area contributed by atoms with Crippen LogP contribution in [0.5, 0.6) is 0 Å². The smallest absolute Gasteiger partial charge is 0.127 e. The van der Waals surface area contributed by atoms with Crippen LogP contribution in [-0.4, -0.2) is 53.7 Å². The summed E-state index contributed by atoms with van der Waals surface area (Å²) in [5, 5.41) is 18.2. The third-order valence-corrected chi connectivity index (χ3v) is 4.17. The van der Waals surface area contributed by atoms with Crippen molar-refractivity contribution in [3.8, 4) is 6.07 Å². The molecule has 2 rings (SSSR count). The Morgan fingerprint density at radius 1 is 1.33 bits per heavy atom. The predicted molar refractivity (Wildman–Crippen MR) is 79.1 cm³/mol. The first-order chi connectivity index (χ1) is 10.2. The number of aliphatic hydroxyl groups is 1. The van der Waals surface area contributed by atoms with E-state index < -0.39 is 0 Å². The highest BCUT2D eigenvalue weighted by Crippen LogP contribution is 2.15. The zero-order chi connectivity index (χ0) is 15.2.